The standard InChI is InChI=1S/C19H16F6N6O3S.C2HF3O2/c1-26-35(32,33)12-3-4-14(34-9-18(20,21)22)13(6-12)30-16-7-17(29-10-28-16)31-15-5-2-11(8-27-15)19(23,24)25;3-2(4,5)1(6)7/h2-8,10,26H,9H2,1H3,(H2,27,28,29,30,31);(H,6,7). The summed E-state index contributed by atoms with van der Waals surface area (Å²) >= 11 is 0. The molecule has 0 amide bonds. The van der Waals surface area contributed by atoms with Crippen molar-refractivity contribution in [2.45, 2.75) is 23.4 Å². The fraction of sp³-hybridized carbons (Fsp3) is 0.238. The minimum atomic E-state index is -5.08. The first-order valence-corrected chi connectivity index (χ1v) is 12.2. The number of alkyl halides is 9. The van der Waals surface area contributed by atoms with Gasteiger partial charge in [0, 0.05) is 12.3 Å². The summed E-state index contributed by atoms with van der Waals surface area (Å²) in [5.41, 5.74) is -1.10. The number of hydrogen-bond acceptors (Lipinski definition) is 9. The molecule has 0 aliphatic heterocycles. The number of nitrogens with zero attached hydrogens (tertiary/aromatic N) is 3. The molecule has 1 aromatic carbocycles. The maximum absolute atomic E-state index is 12.7. The van der Waals surface area contributed by atoms with Crippen LogP contribution in [-0.2, 0) is 21.0 Å². The maximum Gasteiger partial charge on any atom is 0.490 e. The Kier molecular flexibility index (Phi) is 10.5. The molecule has 42 heavy (non-hydrogen) atoms. The number of ether oxygens (including phenoxy) is 1. The summed E-state index contributed by atoms with van der Waals surface area (Å²) < 4.78 is 139. The summed E-state index contributed by atoms with van der Waals surface area (Å²) in [6, 6.07) is 6.31. The van der Waals surface area contributed by atoms with Crippen LogP contribution in [0, 0.1) is 0 Å². The topological polar surface area (TPSA) is 155 Å². The molecule has 3 rings (SSSR count). The third-order valence-corrected chi connectivity index (χ3v) is 5.85. The molecule has 0 aliphatic rings. The number of aromatic nitrogens is 3. The smallest absolute Gasteiger partial charge is 0.482 e. The lowest BCUT2D eigenvalue weighted by Gasteiger charge is -2.16. The Morgan fingerprint density at radius 1 is 0.881 bits per heavy atom. The van der Waals surface area contributed by atoms with E-state index in [1.165, 1.54) is 6.07 Å². The van der Waals surface area contributed by atoms with Crippen molar-refractivity contribution in [2.75, 3.05) is 24.3 Å². The number of rotatable bonds is 8. The highest BCUT2D eigenvalue weighted by Crippen LogP contribution is 2.32. The van der Waals surface area contributed by atoms with Crippen molar-refractivity contribution in [3.05, 3.63) is 54.5 Å². The lowest BCUT2D eigenvalue weighted by Crippen LogP contribution is -2.21. The summed E-state index contributed by atoms with van der Waals surface area (Å²) in [6.07, 6.45) is -12.6. The van der Waals surface area contributed by atoms with Crippen molar-refractivity contribution in [1.29, 1.82) is 0 Å². The van der Waals surface area contributed by atoms with E-state index in [4.69, 9.17) is 14.6 Å². The Hall–Kier alpha value is -4.40. The van der Waals surface area contributed by atoms with Gasteiger partial charge in [0.05, 0.1) is 16.1 Å². The fourth-order valence-corrected chi connectivity index (χ4v) is 3.33. The van der Waals surface area contributed by atoms with Gasteiger partial charge in [-0.05, 0) is 37.4 Å². The number of hydrogen-bond donors (Lipinski definition) is 4. The van der Waals surface area contributed by atoms with Crippen molar-refractivity contribution in [1.82, 2.24) is 19.7 Å². The Labute approximate surface area is 229 Å². The summed E-state index contributed by atoms with van der Waals surface area (Å²) in [7, 11) is -2.78. The highest BCUT2D eigenvalue weighted by molar-refractivity contribution is 7.89. The third kappa shape index (κ3) is 10.5. The number of nitrogens with one attached hydrogen (secondary N) is 3. The van der Waals surface area contributed by atoms with Gasteiger partial charge >= 0.3 is 24.5 Å². The van der Waals surface area contributed by atoms with E-state index in [-0.39, 0.29) is 33.8 Å². The quantitative estimate of drug-likeness (QED) is 0.252. The number of carbonyl (C=O) groups is 1. The van der Waals surface area contributed by atoms with Gasteiger partial charge in [0.15, 0.2) is 6.61 Å². The Morgan fingerprint density at radius 2 is 1.48 bits per heavy atom. The van der Waals surface area contributed by atoms with Gasteiger partial charge in [0.25, 0.3) is 0 Å². The molecule has 0 unspecified atom stereocenters. The van der Waals surface area contributed by atoms with Gasteiger partial charge < -0.3 is 20.5 Å². The van der Waals surface area contributed by atoms with E-state index in [9.17, 15) is 47.9 Å². The van der Waals surface area contributed by atoms with E-state index in [0.29, 0.717) is 6.20 Å². The minimum Gasteiger partial charge on any atom is -0.482 e. The van der Waals surface area contributed by atoms with Gasteiger partial charge in [-0.1, -0.05) is 0 Å². The molecule has 2 heterocycles. The first kappa shape index (κ1) is 33.8. The molecule has 0 saturated carbocycles. The number of aliphatic carboxylic acids is 1. The number of halogens is 9. The second-order valence-electron chi connectivity index (χ2n) is 7.54. The molecule has 0 bridgehead atoms. The zero-order chi connectivity index (χ0) is 31.9. The van der Waals surface area contributed by atoms with E-state index in [2.05, 4.69) is 30.3 Å². The van der Waals surface area contributed by atoms with E-state index >= 15 is 0 Å². The number of anilines is 4. The van der Waals surface area contributed by atoms with Gasteiger partial charge in [-0.15, -0.1) is 0 Å². The monoisotopic (exact) mass is 636 g/mol. The molecule has 21 heteroatoms. The molecule has 0 saturated heterocycles. The fourth-order valence-electron chi connectivity index (χ4n) is 2.58. The molecule has 2 aromatic heterocycles. The maximum atomic E-state index is 12.7. The molecule has 3 aromatic rings. The van der Waals surface area contributed by atoms with Crippen LogP contribution in [0.3, 0.4) is 0 Å². The van der Waals surface area contributed by atoms with Crippen LogP contribution in [0.15, 0.2) is 53.8 Å². The number of carboxylic acids is 1. The van der Waals surface area contributed by atoms with Crippen LogP contribution < -0.4 is 20.1 Å². The van der Waals surface area contributed by atoms with Crippen LogP contribution in [0.1, 0.15) is 5.56 Å². The zero-order valence-corrected chi connectivity index (χ0v) is 21.4. The van der Waals surface area contributed by atoms with Crippen molar-refractivity contribution < 1.29 is 62.6 Å². The van der Waals surface area contributed by atoms with E-state index in [1.54, 1.807) is 0 Å². The average molecular weight is 636 g/mol. The van der Waals surface area contributed by atoms with Gasteiger partial charge in [-0.25, -0.2) is 32.9 Å². The van der Waals surface area contributed by atoms with E-state index < -0.39 is 46.7 Å². The SMILES string of the molecule is CNS(=O)(=O)c1ccc(OCC(F)(F)F)c(Nc2cc(Nc3ccc(C(F)(F)F)cn3)ncn2)c1.O=C(O)C(F)(F)F. The second kappa shape index (κ2) is 13.1. The normalized spacial score (nSPS) is 12.1. The largest absolute Gasteiger partial charge is 0.490 e. The van der Waals surface area contributed by atoms with Crippen LogP contribution in [0.4, 0.5) is 62.7 Å². The van der Waals surface area contributed by atoms with Crippen molar-refractivity contribution in [3.8, 4) is 5.75 Å². The van der Waals surface area contributed by atoms with Gasteiger partial charge in [-0.3, -0.25) is 0 Å². The second-order valence-corrected chi connectivity index (χ2v) is 9.43. The predicted octanol–water partition coefficient (Wildman–Crippen LogP) is 4.86. The number of sulfonamides is 1. The number of pyridine rings is 1. The average Bonchev–Trinajstić information content (AvgIpc) is 2.87. The Balaban J connectivity index is 0.000000782. The number of benzene rings is 1. The van der Waals surface area contributed by atoms with Gasteiger partial charge in [0.1, 0.15) is 29.5 Å². The summed E-state index contributed by atoms with van der Waals surface area (Å²) in [5.74, 6) is -2.96. The first-order valence-electron chi connectivity index (χ1n) is 10.7. The van der Waals surface area contributed by atoms with Crippen LogP contribution >= 0.6 is 0 Å². The summed E-state index contributed by atoms with van der Waals surface area (Å²) in [5, 5.41) is 12.4. The Morgan fingerprint density at radius 3 is 1.95 bits per heavy atom. The van der Waals surface area contributed by atoms with Gasteiger partial charge in [0.2, 0.25) is 10.0 Å². The first-order chi connectivity index (χ1) is 19.2. The number of carboxylic acid groups (broad SMARTS) is 1. The highest BCUT2D eigenvalue weighted by atomic mass is 32.2. The highest BCUT2D eigenvalue weighted by Gasteiger charge is 2.38. The van der Waals surface area contributed by atoms with Crippen molar-refractivity contribution in [2.24, 2.45) is 0 Å². The summed E-state index contributed by atoms with van der Waals surface area (Å²) in [4.78, 5) is 20.1. The molecule has 4 N–H and O–H groups in total. The molecular weight excluding hydrogens is 619 g/mol. The minimum absolute atomic E-state index is 0.00489. The molecule has 0 aliphatic carbocycles. The van der Waals surface area contributed by atoms with Crippen molar-refractivity contribution >= 4 is 39.1 Å². The van der Waals surface area contributed by atoms with Gasteiger partial charge in [-0.2, -0.15) is 39.5 Å². The van der Waals surface area contributed by atoms with Crippen LogP contribution in [0.5, 0.6) is 5.75 Å². The zero-order valence-electron chi connectivity index (χ0n) is 20.6. The lowest BCUT2D eigenvalue weighted by molar-refractivity contribution is -0.192. The molecule has 11 nitrogen and oxygen atoms in total. The molecule has 0 atom stereocenters. The van der Waals surface area contributed by atoms with Crippen molar-refractivity contribution in [3.63, 3.8) is 0 Å². The molecule has 0 radical (unpaired) electrons. The Bertz CT molecular complexity index is 1480. The van der Waals surface area contributed by atoms with E-state index in [0.717, 1.165) is 43.7 Å². The molecule has 0 spiro atoms. The predicted molar refractivity (Wildman–Crippen MR) is 126 cm³/mol. The van der Waals surface area contributed by atoms with Crippen LogP contribution in [0.2, 0.25) is 0 Å². The van der Waals surface area contributed by atoms with Crippen LogP contribution in [-0.4, -0.2) is 60.5 Å². The summed E-state index contributed by atoms with van der Waals surface area (Å²) in [6.45, 7) is -1.63. The lowest BCUT2D eigenvalue weighted by atomic mass is 10.3. The third-order valence-electron chi connectivity index (χ3n) is 4.44. The van der Waals surface area contributed by atoms with E-state index in [1.807, 2.05) is 0 Å². The van der Waals surface area contributed by atoms with Crippen LogP contribution in [0.25, 0.3) is 0 Å². The molecular formula is C21H17F9N6O5S. The molecule has 0 fully saturated rings. The molecule has 230 valence electrons.